The van der Waals surface area contributed by atoms with E-state index in [-0.39, 0.29) is 17.2 Å². The van der Waals surface area contributed by atoms with Gasteiger partial charge in [-0.05, 0) is 26.8 Å². The maximum atomic E-state index is 13.0. The van der Waals surface area contributed by atoms with Gasteiger partial charge in [0.05, 0.1) is 12.2 Å². The van der Waals surface area contributed by atoms with Crippen LogP contribution in [-0.2, 0) is 15.8 Å². The lowest BCUT2D eigenvalue weighted by atomic mass is 10.2. The number of nitrogens with one attached hydrogen (secondary N) is 2. The molecule has 3 heterocycles. The van der Waals surface area contributed by atoms with E-state index < -0.39 is 47.8 Å². The first-order valence-electron chi connectivity index (χ1n) is 12.3. The number of aromatic nitrogens is 3. The number of carbonyl (C=O) groups excluding carboxylic acids is 3. The summed E-state index contributed by atoms with van der Waals surface area (Å²) in [5.74, 6) is -2.57. The van der Waals surface area contributed by atoms with Gasteiger partial charge in [0.2, 0.25) is 5.91 Å². The zero-order valence-corrected chi connectivity index (χ0v) is 22.4. The number of nitrogens with zero attached hydrogens (tertiary/aromatic N) is 6. The quantitative estimate of drug-likeness (QED) is 0.266. The largest absolute Gasteiger partial charge is 0.506 e. The molecule has 2 aromatic rings. The van der Waals surface area contributed by atoms with Crippen molar-refractivity contribution in [2.75, 3.05) is 43.0 Å². The first kappa shape index (κ1) is 30.9. The van der Waals surface area contributed by atoms with Crippen molar-refractivity contribution in [3.8, 4) is 5.75 Å². The zero-order valence-electron chi connectivity index (χ0n) is 22.4. The van der Waals surface area contributed by atoms with Gasteiger partial charge in [0, 0.05) is 49.7 Å². The van der Waals surface area contributed by atoms with Crippen LogP contribution in [0.1, 0.15) is 36.8 Å². The third-order valence-corrected chi connectivity index (χ3v) is 6.20. The second-order valence-corrected chi connectivity index (χ2v) is 9.10. The molecule has 16 heteroatoms. The summed E-state index contributed by atoms with van der Waals surface area (Å²) in [5.41, 5.74) is -0.760. The first-order valence-corrected chi connectivity index (χ1v) is 12.3. The van der Waals surface area contributed by atoms with Crippen LogP contribution < -0.4 is 15.5 Å². The molecule has 0 radical (unpaired) electrons. The number of aliphatic hydroxyl groups excluding tert-OH is 1. The molecule has 3 amide bonds. The molecular formula is C25H29F3N8O5. The Bertz CT molecular complexity index is 1360. The molecule has 1 saturated heterocycles. The van der Waals surface area contributed by atoms with Gasteiger partial charge < -0.3 is 30.6 Å². The fourth-order valence-electron chi connectivity index (χ4n) is 3.63. The van der Waals surface area contributed by atoms with Gasteiger partial charge in [-0.1, -0.05) is 0 Å². The molecule has 0 saturated carbocycles. The molecule has 0 bridgehead atoms. The Hall–Kier alpha value is -4.60. The van der Waals surface area contributed by atoms with Crippen LogP contribution in [0.4, 0.5) is 24.8 Å². The van der Waals surface area contributed by atoms with E-state index in [4.69, 9.17) is 5.11 Å². The third kappa shape index (κ3) is 8.20. The lowest BCUT2D eigenvalue weighted by Crippen LogP contribution is -2.49. The van der Waals surface area contributed by atoms with Gasteiger partial charge in [0.15, 0.2) is 0 Å². The topological polar surface area (TPSA) is 173 Å². The maximum absolute atomic E-state index is 13.0. The summed E-state index contributed by atoms with van der Waals surface area (Å²) in [6, 6.07) is 1.46. The van der Waals surface area contributed by atoms with Crippen LogP contribution >= 0.6 is 0 Å². The summed E-state index contributed by atoms with van der Waals surface area (Å²) in [5, 5.41) is 23.3. The number of pyridine rings is 1. The third-order valence-electron chi connectivity index (χ3n) is 6.20. The van der Waals surface area contributed by atoms with Crippen LogP contribution in [0, 0.1) is 0 Å². The molecule has 13 nitrogen and oxygen atoms in total. The number of anilines is 2. The normalized spacial score (nSPS) is 15.4. The molecule has 41 heavy (non-hydrogen) atoms. The molecule has 2 aromatic heterocycles. The minimum absolute atomic E-state index is 0.0486. The number of piperazine rings is 1. The smallest absolute Gasteiger partial charge is 0.420 e. The van der Waals surface area contributed by atoms with Gasteiger partial charge in [0.1, 0.15) is 41.6 Å². The van der Waals surface area contributed by atoms with Crippen LogP contribution in [0.5, 0.6) is 5.75 Å². The number of hydrogen-bond donors (Lipinski definition) is 4. The summed E-state index contributed by atoms with van der Waals surface area (Å²) >= 11 is 0. The van der Waals surface area contributed by atoms with Crippen molar-refractivity contribution < 1.29 is 37.8 Å². The highest BCUT2D eigenvalue weighted by Crippen LogP contribution is 2.36. The van der Waals surface area contributed by atoms with Crippen LogP contribution in [-0.4, -0.2) is 92.3 Å². The fraction of sp³-hybridized carbons (Fsp3) is 0.400. The second kappa shape index (κ2) is 13.2. The molecule has 0 aliphatic carbocycles. The van der Waals surface area contributed by atoms with Crippen LogP contribution in [0.2, 0.25) is 0 Å². The number of aromatic hydroxyl groups is 1. The zero-order chi connectivity index (χ0) is 30.3. The minimum atomic E-state index is -4.83. The molecule has 3 rings (SSSR count). The SMILES string of the molecule is C/C(=C\N=C(/C)C(C)NC(=O)c1cc(N2CCN(C(=O)CO)CC2)ncn1)C(=O)Nc1cc(C(F)(F)F)c(O)cn1. The Morgan fingerprint density at radius 3 is 2.44 bits per heavy atom. The van der Waals surface area contributed by atoms with Gasteiger partial charge in [-0.2, -0.15) is 13.2 Å². The Kier molecular flexibility index (Phi) is 9.94. The van der Waals surface area contributed by atoms with E-state index in [1.807, 2.05) is 4.90 Å². The van der Waals surface area contributed by atoms with E-state index in [1.54, 1.807) is 18.7 Å². The van der Waals surface area contributed by atoms with Crippen LogP contribution in [0.15, 0.2) is 41.4 Å². The number of hydrogen-bond acceptors (Lipinski definition) is 10. The Balaban J connectivity index is 1.59. The fourth-order valence-corrected chi connectivity index (χ4v) is 3.63. The highest BCUT2D eigenvalue weighted by atomic mass is 19.4. The van der Waals surface area contributed by atoms with Gasteiger partial charge in [0.25, 0.3) is 11.8 Å². The lowest BCUT2D eigenvalue weighted by Gasteiger charge is -2.35. The van der Waals surface area contributed by atoms with E-state index in [9.17, 15) is 32.7 Å². The molecule has 1 atom stereocenters. The summed E-state index contributed by atoms with van der Waals surface area (Å²) in [4.78, 5) is 56.3. The Morgan fingerprint density at radius 2 is 1.80 bits per heavy atom. The van der Waals surface area contributed by atoms with E-state index >= 15 is 0 Å². The van der Waals surface area contributed by atoms with Crippen LogP contribution in [0.3, 0.4) is 0 Å². The van der Waals surface area contributed by atoms with Gasteiger partial charge in [-0.3, -0.25) is 19.4 Å². The highest BCUT2D eigenvalue weighted by Gasteiger charge is 2.34. The van der Waals surface area contributed by atoms with Crippen molar-refractivity contribution in [3.05, 3.63) is 47.7 Å². The van der Waals surface area contributed by atoms with Crippen molar-refractivity contribution >= 4 is 35.1 Å². The average molecular weight is 579 g/mol. The number of amides is 3. The molecule has 1 fully saturated rings. The van der Waals surface area contributed by atoms with Crippen molar-refractivity contribution in [1.82, 2.24) is 25.2 Å². The summed E-state index contributed by atoms with van der Waals surface area (Å²) < 4.78 is 38.9. The number of carbonyl (C=O) groups is 3. The standard InChI is InChI=1S/C25H29F3N8O5/c1-14(23(40)34-20-8-17(25(26,27)28)19(38)11-30-20)10-29-15(2)16(3)33-24(41)18-9-21(32-13-31-18)35-4-6-36(7-5-35)22(39)12-37/h8-11,13,16,37-38H,4-7,12H2,1-3H3,(H,33,41)(H,30,34,40)/b14-10+,29-15+. The summed E-state index contributed by atoms with van der Waals surface area (Å²) in [6.45, 7) is 5.87. The number of aliphatic imine (C=N–C) groups is 1. The average Bonchev–Trinajstić information content (AvgIpc) is 2.95. The van der Waals surface area contributed by atoms with Gasteiger partial charge >= 0.3 is 6.18 Å². The van der Waals surface area contributed by atoms with Crippen molar-refractivity contribution in [2.24, 2.45) is 4.99 Å². The summed E-state index contributed by atoms with van der Waals surface area (Å²) in [6.07, 6.45) is -1.79. The van der Waals surface area contributed by atoms with Crippen molar-refractivity contribution in [2.45, 2.75) is 33.0 Å². The minimum Gasteiger partial charge on any atom is -0.506 e. The number of aliphatic hydroxyl groups is 1. The predicted octanol–water partition coefficient (Wildman–Crippen LogP) is 1.36. The first-order chi connectivity index (χ1) is 19.3. The van der Waals surface area contributed by atoms with Crippen molar-refractivity contribution in [1.29, 1.82) is 0 Å². The number of alkyl halides is 3. The summed E-state index contributed by atoms with van der Waals surface area (Å²) in [7, 11) is 0. The molecular weight excluding hydrogens is 549 g/mol. The van der Waals surface area contributed by atoms with E-state index in [1.165, 1.54) is 25.5 Å². The predicted molar refractivity (Wildman–Crippen MR) is 141 cm³/mol. The molecule has 0 aromatic carbocycles. The monoisotopic (exact) mass is 578 g/mol. The second-order valence-electron chi connectivity index (χ2n) is 9.10. The molecule has 1 aliphatic rings. The Labute approximate surface area is 232 Å². The maximum Gasteiger partial charge on any atom is 0.420 e. The van der Waals surface area contributed by atoms with Gasteiger partial charge in [-0.15, -0.1) is 0 Å². The van der Waals surface area contributed by atoms with Crippen LogP contribution in [0.25, 0.3) is 0 Å². The Morgan fingerprint density at radius 1 is 1.12 bits per heavy atom. The van der Waals surface area contributed by atoms with E-state index in [0.29, 0.717) is 50.0 Å². The molecule has 0 spiro atoms. The van der Waals surface area contributed by atoms with E-state index in [0.717, 1.165) is 0 Å². The van der Waals surface area contributed by atoms with Gasteiger partial charge in [-0.25, -0.2) is 15.0 Å². The lowest BCUT2D eigenvalue weighted by molar-refractivity contribution is -0.139. The molecule has 1 aliphatic heterocycles. The number of halogens is 3. The van der Waals surface area contributed by atoms with E-state index in [2.05, 4.69) is 30.6 Å². The molecule has 220 valence electrons. The van der Waals surface area contributed by atoms with Crippen molar-refractivity contribution in [3.63, 3.8) is 0 Å². The highest BCUT2D eigenvalue weighted by molar-refractivity contribution is 6.03. The molecule has 4 N–H and O–H groups in total. The molecule has 1 unspecified atom stereocenters. The number of rotatable bonds is 8.